The number of carboxylic acid groups (broad SMARTS) is 1. The van der Waals surface area contributed by atoms with Crippen molar-refractivity contribution in [2.24, 2.45) is 0 Å². The van der Waals surface area contributed by atoms with Crippen LogP contribution in [-0.2, 0) is 4.79 Å². The van der Waals surface area contributed by atoms with E-state index >= 15 is 0 Å². The minimum Gasteiger partial charge on any atom is -0.480 e. The second-order valence-electron chi connectivity index (χ2n) is 3.25. The minimum absolute atomic E-state index is 0.0430. The Hall–Kier alpha value is -1.44. The number of aromatic nitrogens is 2. The Kier molecular flexibility index (Phi) is 5.26. The zero-order valence-corrected chi connectivity index (χ0v) is 10.4. The van der Waals surface area contributed by atoms with Crippen LogP contribution in [0.5, 0.6) is 0 Å². The van der Waals surface area contributed by atoms with Gasteiger partial charge in [0.2, 0.25) is 0 Å². The van der Waals surface area contributed by atoms with Gasteiger partial charge in [0.1, 0.15) is 6.04 Å². The molecule has 7 nitrogen and oxygen atoms in total. The number of nitrogens with zero attached hydrogens (tertiary/aromatic N) is 2. The van der Waals surface area contributed by atoms with E-state index in [1.807, 2.05) is 0 Å². The molecule has 0 radical (unpaired) electrons. The van der Waals surface area contributed by atoms with Crippen LogP contribution in [0.3, 0.4) is 0 Å². The number of aliphatic hydroxyl groups excluding tert-OH is 1. The first kappa shape index (κ1) is 14.6. The van der Waals surface area contributed by atoms with Crippen LogP contribution in [0.4, 0.5) is 0 Å². The van der Waals surface area contributed by atoms with Crippen LogP contribution in [0, 0.1) is 0 Å². The number of nitrogens with one attached hydrogen (secondary N) is 1. The van der Waals surface area contributed by atoms with Gasteiger partial charge in [-0.15, -0.1) is 10.2 Å². The van der Waals surface area contributed by atoms with E-state index in [1.54, 1.807) is 0 Å². The van der Waals surface area contributed by atoms with Gasteiger partial charge in [-0.1, -0.05) is 23.2 Å². The normalized spacial score (nSPS) is 11.9. The fourth-order valence-corrected chi connectivity index (χ4v) is 1.46. The van der Waals surface area contributed by atoms with Crippen molar-refractivity contribution < 1.29 is 19.8 Å². The van der Waals surface area contributed by atoms with E-state index < -0.39 is 17.9 Å². The first-order valence-corrected chi connectivity index (χ1v) is 5.54. The van der Waals surface area contributed by atoms with Gasteiger partial charge in [0, 0.05) is 13.0 Å². The fraction of sp³-hybridized carbons (Fsp3) is 0.333. The highest BCUT2D eigenvalue weighted by Crippen LogP contribution is 2.15. The smallest absolute Gasteiger partial charge is 0.326 e. The molecular weight excluding hydrogens is 285 g/mol. The summed E-state index contributed by atoms with van der Waals surface area (Å²) >= 11 is 11.2. The molecule has 1 atom stereocenters. The average molecular weight is 294 g/mol. The van der Waals surface area contributed by atoms with Gasteiger partial charge in [0.15, 0.2) is 10.3 Å². The average Bonchev–Trinajstić information content (AvgIpc) is 2.31. The quantitative estimate of drug-likeness (QED) is 0.722. The van der Waals surface area contributed by atoms with Crippen LogP contribution in [0.15, 0.2) is 6.07 Å². The summed E-state index contributed by atoms with van der Waals surface area (Å²) in [5.41, 5.74) is -0.0825. The topological polar surface area (TPSA) is 112 Å². The Morgan fingerprint density at radius 3 is 2.61 bits per heavy atom. The Balaban J connectivity index is 2.86. The molecule has 0 aromatic carbocycles. The maximum Gasteiger partial charge on any atom is 0.326 e. The molecule has 0 unspecified atom stereocenters. The summed E-state index contributed by atoms with van der Waals surface area (Å²) < 4.78 is 0. The van der Waals surface area contributed by atoms with E-state index in [2.05, 4.69) is 15.5 Å². The maximum atomic E-state index is 11.7. The van der Waals surface area contributed by atoms with Crippen molar-refractivity contribution in [2.75, 3.05) is 6.61 Å². The van der Waals surface area contributed by atoms with Crippen molar-refractivity contribution in [1.29, 1.82) is 0 Å². The Morgan fingerprint density at radius 1 is 1.39 bits per heavy atom. The molecule has 0 saturated carbocycles. The summed E-state index contributed by atoms with van der Waals surface area (Å²) in [6.07, 6.45) is -0.120. The molecule has 1 amide bonds. The molecule has 0 aliphatic heterocycles. The summed E-state index contributed by atoms with van der Waals surface area (Å²) in [5.74, 6) is -2.01. The van der Waals surface area contributed by atoms with E-state index in [9.17, 15) is 9.59 Å². The lowest BCUT2D eigenvalue weighted by Gasteiger charge is -2.13. The summed E-state index contributed by atoms with van der Waals surface area (Å²) in [7, 11) is 0. The van der Waals surface area contributed by atoms with Gasteiger partial charge in [-0.3, -0.25) is 4.79 Å². The SMILES string of the molecule is O=C(N[C@@H](CCO)C(=O)O)c1cc(Cl)nnc1Cl. The Morgan fingerprint density at radius 2 is 2.06 bits per heavy atom. The lowest BCUT2D eigenvalue weighted by molar-refractivity contribution is -0.139. The molecule has 0 aliphatic rings. The first-order valence-electron chi connectivity index (χ1n) is 4.79. The number of rotatable bonds is 5. The van der Waals surface area contributed by atoms with Crippen LogP contribution in [-0.4, -0.2) is 44.9 Å². The molecule has 9 heteroatoms. The van der Waals surface area contributed by atoms with Gasteiger partial charge < -0.3 is 15.5 Å². The third kappa shape index (κ3) is 3.80. The van der Waals surface area contributed by atoms with Crippen molar-refractivity contribution in [3.8, 4) is 0 Å². The largest absolute Gasteiger partial charge is 0.480 e. The third-order valence-corrected chi connectivity index (χ3v) is 2.45. The zero-order valence-electron chi connectivity index (χ0n) is 8.93. The van der Waals surface area contributed by atoms with Gasteiger partial charge in [-0.05, 0) is 6.07 Å². The molecule has 3 N–H and O–H groups in total. The molecule has 98 valence electrons. The summed E-state index contributed by atoms with van der Waals surface area (Å²) in [5, 5.41) is 26.3. The number of hydrogen-bond acceptors (Lipinski definition) is 5. The molecule has 1 aromatic heterocycles. The standard InChI is InChI=1S/C9H9Cl2N3O4/c10-6-3-4(7(11)14-13-6)8(16)12-5(1-2-15)9(17)18/h3,5,15H,1-2H2,(H,12,16)(H,17,18)/t5-/m0/s1. The third-order valence-electron chi connectivity index (χ3n) is 1.98. The van der Waals surface area contributed by atoms with Gasteiger partial charge in [0.05, 0.1) is 5.56 Å². The van der Waals surface area contributed by atoms with E-state index in [1.165, 1.54) is 6.07 Å². The molecule has 0 spiro atoms. The van der Waals surface area contributed by atoms with Crippen molar-refractivity contribution in [2.45, 2.75) is 12.5 Å². The second kappa shape index (κ2) is 6.48. The van der Waals surface area contributed by atoms with E-state index in [0.29, 0.717) is 0 Å². The van der Waals surface area contributed by atoms with E-state index in [-0.39, 0.29) is 28.9 Å². The maximum absolute atomic E-state index is 11.7. The molecule has 18 heavy (non-hydrogen) atoms. The van der Waals surface area contributed by atoms with Crippen LogP contribution in [0.1, 0.15) is 16.8 Å². The van der Waals surface area contributed by atoms with Crippen molar-refractivity contribution in [1.82, 2.24) is 15.5 Å². The fourth-order valence-electron chi connectivity index (χ4n) is 1.13. The minimum atomic E-state index is -1.26. The number of halogens is 2. The molecule has 1 rings (SSSR count). The van der Waals surface area contributed by atoms with E-state index in [4.69, 9.17) is 33.4 Å². The lowest BCUT2D eigenvalue weighted by Crippen LogP contribution is -2.41. The summed E-state index contributed by atoms with van der Waals surface area (Å²) in [4.78, 5) is 22.5. The molecule has 0 aliphatic carbocycles. The van der Waals surface area contributed by atoms with E-state index in [0.717, 1.165) is 0 Å². The number of carbonyl (C=O) groups is 2. The molecule has 1 heterocycles. The number of carboxylic acids is 1. The van der Waals surface area contributed by atoms with Crippen LogP contribution >= 0.6 is 23.2 Å². The van der Waals surface area contributed by atoms with Gasteiger partial charge in [-0.25, -0.2) is 4.79 Å². The number of amides is 1. The van der Waals surface area contributed by atoms with Crippen molar-refractivity contribution in [3.05, 3.63) is 21.9 Å². The Bertz CT molecular complexity index is 469. The van der Waals surface area contributed by atoms with Gasteiger partial charge >= 0.3 is 5.97 Å². The predicted molar refractivity (Wildman–Crippen MR) is 62.6 cm³/mol. The number of hydrogen-bond donors (Lipinski definition) is 3. The van der Waals surface area contributed by atoms with Gasteiger partial charge in [0.25, 0.3) is 5.91 Å². The summed E-state index contributed by atoms with van der Waals surface area (Å²) in [6, 6.07) is -0.0464. The number of aliphatic hydroxyl groups is 1. The van der Waals surface area contributed by atoms with Crippen LogP contribution in [0.2, 0.25) is 10.3 Å². The molecule has 0 fully saturated rings. The highest BCUT2D eigenvalue weighted by atomic mass is 35.5. The first-order chi connectivity index (χ1) is 8.45. The molecule has 0 bridgehead atoms. The van der Waals surface area contributed by atoms with Crippen molar-refractivity contribution in [3.63, 3.8) is 0 Å². The highest BCUT2D eigenvalue weighted by molar-refractivity contribution is 6.34. The monoisotopic (exact) mass is 293 g/mol. The predicted octanol–water partition coefficient (Wildman–Crippen LogP) is 0.349. The lowest BCUT2D eigenvalue weighted by atomic mass is 10.2. The van der Waals surface area contributed by atoms with Crippen molar-refractivity contribution >= 4 is 35.1 Å². The number of carbonyl (C=O) groups excluding carboxylic acids is 1. The highest BCUT2D eigenvalue weighted by Gasteiger charge is 2.22. The van der Waals surface area contributed by atoms with Crippen LogP contribution in [0.25, 0.3) is 0 Å². The summed E-state index contributed by atoms with van der Waals surface area (Å²) in [6.45, 7) is -0.375. The molecular formula is C9H9Cl2N3O4. The second-order valence-corrected chi connectivity index (χ2v) is 3.99. The molecule has 0 saturated heterocycles. The van der Waals surface area contributed by atoms with Gasteiger partial charge in [-0.2, -0.15) is 0 Å². The Labute approximate surface area is 112 Å². The zero-order chi connectivity index (χ0) is 13.7. The number of aliphatic carboxylic acids is 1. The molecule has 1 aromatic rings. The van der Waals surface area contributed by atoms with Crippen LogP contribution < -0.4 is 5.32 Å².